The van der Waals surface area contributed by atoms with Crippen molar-refractivity contribution in [1.29, 1.82) is 0 Å². The summed E-state index contributed by atoms with van der Waals surface area (Å²) in [6.45, 7) is 23.2. The van der Waals surface area contributed by atoms with Gasteiger partial charge in [0.1, 0.15) is 13.6 Å². The Kier molecular flexibility index (Phi) is 17.2. The summed E-state index contributed by atoms with van der Waals surface area (Å²) in [6.07, 6.45) is 1.93. The van der Waals surface area contributed by atoms with Crippen LogP contribution in [-0.4, -0.2) is 32.3 Å². The van der Waals surface area contributed by atoms with Crippen molar-refractivity contribution < 1.29 is 19.1 Å². The third-order valence-electron chi connectivity index (χ3n) is 4.64. The van der Waals surface area contributed by atoms with Gasteiger partial charge in [0.05, 0.1) is 6.61 Å². The largest absolute Gasteiger partial charge is 0.466 e. The normalized spacial score (nSPS) is 9.44. The predicted molar refractivity (Wildman–Crippen MR) is 139 cm³/mol. The van der Waals surface area contributed by atoms with Gasteiger partial charge in [-0.1, -0.05) is 49.2 Å². The maximum Gasteiger partial charge on any atom is 0.302 e. The molecule has 2 rings (SSSR count). The molecule has 5 heteroatoms. The van der Waals surface area contributed by atoms with E-state index in [-0.39, 0.29) is 5.97 Å². The molecule has 0 aliphatic rings. The smallest absolute Gasteiger partial charge is 0.302 e. The summed E-state index contributed by atoms with van der Waals surface area (Å²) in [5.41, 5.74) is 8.13. The van der Waals surface area contributed by atoms with E-state index in [1.807, 2.05) is 27.4 Å². The standard InChI is InChI=1S/C23H31O2P.C2H6.2CH2O/c1-15-11-17(3)22(18(4)12-15)26(10-8-9-25-21(7)24)23-19(5)13-16(2)14-20(23)6;3*1-2/h11-14H,8-10H2,1-7H3;1-2H3;2*1H2. The van der Waals surface area contributed by atoms with Gasteiger partial charge in [0.25, 0.3) is 0 Å². The first kappa shape index (κ1) is 31.9. The highest BCUT2D eigenvalue weighted by Gasteiger charge is 2.22. The van der Waals surface area contributed by atoms with Gasteiger partial charge in [-0.15, -0.1) is 0 Å². The lowest BCUT2D eigenvalue weighted by Gasteiger charge is -2.27. The average Bonchev–Trinajstić information content (AvgIpc) is 2.73. The second kappa shape index (κ2) is 17.3. The van der Waals surface area contributed by atoms with Gasteiger partial charge in [-0.2, -0.15) is 0 Å². The van der Waals surface area contributed by atoms with Gasteiger partial charge in [-0.05, 0) is 94.9 Å². The third-order valence-corrected chi connectivity index (χ3v) is 7.90. The summed E-state index contributed by atoms with van der Waals surface area (Å²) < 4.78 is 5.19. The van der Waals surface area contributed by atoms with E-state index in [1.165, 1.54) is 50.9 Å². The van der Waals surface area contributed by atoms with Crippen LogP contribution in [0.15, 0.2) is 24.3 Å². The summed E-state index contributed by atoms with van der Waals surface area (Å²) in [5, 5.41) is 2.98. The lowest BCUT2D eigenvalue weighted by Crippen LogP contribution is -2.24. The molecule has 0 atom stereocenters. The molecule has 0 aliphatic heterocycles. The maximum atomic E-state index is 11.1. The predicted octanol–water partition coefficient (Wildman–Crippen LogP) is 5.58. The Balaban J connectivity index is 0. The van der Waals surface area contributed by atoms with Crippen molar-refractivity contribution in [3.8, 4) is 0 Å². The van der Waals surface area contributed by atoms with Crippen LogP contribution >= 0.6 is 7.92 Å². The SMILES string of the molecule is C=O.C=O.CC.CC(=O)OCCCP(c1c(C)cc(C)cc1C)c1c(C)cc(C)cc1C. The van der Waals surface area contributed by atoms with Crippen molar-refractivity contribution in [1.82, 2.24) is 0 Å². The second-order valence-corrected chi connectivity index (χ2v) is 9.54. The fraction of sp³-hybridized carbons (Fsp3) is 0.444. The van der Waals surface area contributed by atoms with Crippen LogP contribution in [0.25, 0.3) is 0 Å². The van der Waals surface area contributed by atoms with Gasteiger partial charge in [-0.3, -0.25) is 4.79 Å². The first-order valence-electron chi connectivity index (χ1n) is 10.8. The summed E-state index contributed by atoms with van der Waals surface area (Å²) in [7, 11) is -0.481. The lowest BCUT2D eigenvalue weighted by atomic mass is 10.1. The highest BCUT2D eigenvalue weighted by atomic mass is 31.1. The molecule has 2 aromatic rings. The molecule has 0 saturated carbocycles. The number of carbonyl (C=O) groups excluding carboxylic acids is 3. The quantitative estimate of drug-likeness (QED) is 0.321. The first-order valence-corrected chi connectivity index (χ1v) is 12.4. The van der Waals surface area contributed by atoms with Crippen LogP contribution in [-0.2, 0) is 19.1 Å². The number of carbonyl (C=O) groups is 3. The number of benzene rings is 2. The Morgan fingerprint density at radius 1 is 0.750 bits per heavy atom. The van der Waals surface area contributed by atoms with Gasteiger partial charge in [0.2, 0.25) is 0 Å². The van der Waals surface area contributed by atoms with Gasteiger partial charge in [0.15, 0.2) is 0 Å². The molecular formula is C27H41O4P. The molecule has 32 heavy (non-hydrogen) atoms. The number of aryl methyl sites for hydroxylation is 6. The van der Waals surface area contributed by atoms with Crippen molar-refractivity contribution in [2.75, 3.05) is 12.8 Å². The minimum absolute atomic E-state index is 0.195. The zero-order valence-electron chi connectivity index (χ0n) is 21.4. The Morgan fingerprint density at radius 2 is 1.06 bits per heavy atom. The summed E-state index contributed by atoms with van der Waals surface area (Å²) in [5.74, 6) is -0.195. The van der Waals surface area contributed by atoms with Crippen LogP contribution in [0, 0.1) is 41.5 Å². The van der Waals surface area contributed by atoms with Crippen LogP contribution in [0.1, 0.15) is 60.6 Å². The average molecular weight is 461 g/mol. The second-order valence-electron chi connectivity index (χ2n) is 7.34. The Hall–Kier alpha value is -2.32. The van der Waals surface area contributed by atoms with Gasteiger partial charge in [-0.25, -0.2) is 0 Å². The zero-order valence-corrected chi connectivity index (χ0v) is 22.3. The molecule has 0 unspecified atom stereocenters. The van der Waals surface area contributed by atoms with Crippen LogP contribution in [0.4, 0.5) is 0 Å². The van der Waals surface area contributed by atoms with E-state index >= 15 is 0 Å². The molecule has 0 aliphatic carbocycles. The summed E-state index contributed by atoms with van der Waals surface area (Å²) >= 11 is 0. The van der Waals surface area contributed by atoms with Crippen LogP contribution in [0.3, 0.4) is 0 Å². The van der Waals surface area contributed by atoms with Crippen molar-refractivity contribution in [2.45, 2.75) is 68.7 Å². The molecule has 178 valence electrons. The van der Waals surface area contributed by atoms with Crippen molar-refractivity contribution in [3.63, 3.8) is 0 Å². The van der Waals surface area contributed by atoms with Crippen molar-refractivity contribution in [2.24, 2.45) is 0 Å². The van der Waals surface area contributed by atoms with Crippen molar-refractivity contribution in [3.05, 3.63) is 57.6 Å². The van der Waals surface area contributed by atoms with Crippen molar-refractivity contribution >= 4 is 38.1 Å². The maximum absolute atomic E-state index is 11.1. The molecule has 0 aromatic heterocycles. The van der Waals surface area contributed by atoms with Gasteiger partial charge in [0, 0.05) is 6.92 Å². The fourth-order valence-corrected chi connectivity index (χ4v) is 7.05. The number of esters is 1. The minimum atomic E-state index is -0.481. The van der Waals surface area contributed by atoms with Crippen LogP contribution in [0.2, 0.25) is 0 Å². The van der Waals surface area contributed by atoms with Crippen LogP contribution < -0.4 is 10.6 Å². The molecule has 0 fully saturated rings. The molecule has 0 amide bonds. The van der Waals surface area contributed by atoms with E-state index in [1.54, 1.807) is 0 Å². The molecule has 0 N–H and O–H groups in total. The Bertz CT molecular complexity index is 740. The Morgan fingerprint density at radius 3 is 1.34 bits per heavy atom. The molecule has 0 spiro atoms. The van der Waals surface area contributed by atoms with Crippen LogP contribution in [0.5, 0.6) is 0 Å². The van der Waals surface area contributed by atoms with E-state index in [0.717, 1.165) is 12.6 Å². The Labute approximate surface area is 196 Å². The lowest BCUT2D eigenvalue weighted by molar-refractivity contribution is -0.140. The molecule has 2 aromatic carbocycles. The first-order chi connectivity index (χ1) is 15.2. The van der Waals surface area contributed by atoms with E-state index < -0.39 is 7.92 Å². The van der Waals surface area contributed by atoms with E-state index in [4.69, 9.17) is 14.3 Å². The zero-order chi connectivity index (χ0) is 25.4. The summed E-state index contributed by atoms with van der Waals surface area (Å²) in [6, 6.07) is 9.18. The van der Waals surface area contributed by atoms with E-state index in [0.29, 0.717) is 6.61 Å². The van der Waals surface area contributed by atoms with E-state index in [9.17, 15) is 4.79 Å². The summed E-state index contributed by atoms with van der Waals surface area (Å²) in [4.78, 5) is 27.1. The topological polar surface area (TPSA) is 60.4 Å². The molecule has 0 saturated heterocycles. The highest BCUT2D eigenvalue weighted by molar-refractivity contribution is 7.73. The van der Waals surface area contributed by atoms with E-state index in [2.05, 4.69) is 65.8 Å². The fourth-order valence-electron chi connectivity index (χ4n) is 3.97. The monoisotopic (exact) mass is 460 g/mol. The van der Waals surface area contributed by atoms with Gasteiger partial charge >= 0.3 is 5.97 Å². The third kappa shape index (κ3) is 9.87. The number of hydrogen-bond donors (Lipinski definition) is 0. The number of hydrogen-bond acceptors (Lipinski definition) is 4. The minimum Gasteiger partial charge on any atom is -0.466 e. The number of ether oxygens (including phenoxy) is 1. The number of rotatable bonds is 6. The highest BCUT2D eigenvalue weighted by Crippen LogP contribution is 2.39. The molecule has 0 bridgehead atoms. The molecule has 0 radical (unpaired) electrons. The molecule has 4 nitrogen and oxygen atoms in total. The molecular weight excluding hydrogens is 419 g/mol. The molecule has 0 heterocycles. The van der Waals surface area contributed by atoms with Gasteiger partial charge < -0.3 is 14.3 Å².